The highest BCUT2D eigenvalue weighted by molar-refractivity contribution is 6.43. The number of aromatic hydroxyl groups is 1. The van der Waals surface area contributed by atoms with Gasteiger partial charge in [-0.3, -0.25) is 14.9 Å². The molecule has 0 spiro atoms. The number of phenolic OH excluding ortho intramolecular Hbond substituents is 1. The van der Waals surface area contributed by atoms with Gasteiger partial charge in [-0.05, 0) is 31.2 Å². The third kappa shape index (κ3) is 3.32. The first-order valence-electron chi connectivity index (χ1n) is 5.39. The van der Waals surface area contributed by atoms with Crippen molar-refractivity contribution in [2.24, 2.45) is 0 Å². The molecule has 0 unspecified atom stereocenters. The first-order chi connectivity index (χ1) is 9.04. The summed E-state index contributed by atoms with van der Waals surface area (Å²) in [5, 5.41) is 17.3. The van der Waals surface area contributed by atoms with Gasteiger partial charge < -0.3 is 14.9 Å². The Kier molecular flexibility index (Phi) is 3.46. The first-order valence-corrected chi connectivity index (χ1v) is 5.39. The number of carbonyl (C=O) groups is 2. The smallest absolute Gasteiger partial charge is 0.315 e. The Morgan fingerprint density at radius 2 is 1.79 bits per heavy atom. The van der Waals surface area contributed by atoms with Crippen LogP contribution < -0.4 is 10.6 Å². The van der Waals surface area contributed by atoms with Crippen LogP contribution in [0, 0.1) is 6.92 Å². The standard InChI is InChI=1S/C12H11N3O4/c1-7-6-10(15-19-7)14-12(18)11(17)13-8-2-4-9(16)5-3-8/h2-6,16H,1H3,(H,13,17)(H,14,15,18). The van der Waals surface area contributed by atoms with E-state index >= 15 is 0 Å². The van der Waals surface area contributed by atoms with Gasteiger partial charge in [0.1, 0.15) is 11.5 Å². The monoisotopic (exact) mass is 261 g/mol. The number of amides is 2. The molecule has 0 fully saturated rings. The van der Waals surface area contributed by atoms with Gasteiger partial charge in [-0.15, -0.1) is 0 Å². The van der Waals surface area contributed by atoms with E-state index < -0.39 is 11.8 Å². The molecule has 98 valence electrons. The molecular formula is C12H11N3O4. The van der Waals surface area contributed by atoms with Crippen molar-refractivity contribution in [3.05, 3.63) is 36.1 Å². The third-order valence-corrected chi connectivity index (χ3v) is 2.20. The number of benzene rings is 1. The van der Waals surface area contributed by atoms with Gasteiger partial charge in [-0.2, -0.15) is 0 Å². The predicted octanol–water partition coefficient (Wildman–Crippen LogP) is 1.27. The zero-order valence-electron chi connectivity index (χ0n) is 10.0. The number of phenols is 1. The van der Waals surface area contributed by atoms with E-state index in [1.165, 1.54) is 30.3 Å². The second kappa shape index (κ2) is 5.21. The van der Waals surface area contributed by atoms with E-state index in [0.29, 0.717) is 11.4 Å². The van der Waals surface area contributed by atoms with Crippen LogP contribution in [-0.2, 0) is 9.59 Å². The lowest BCUT2D eigenvalue weighted by Crippen LogP contribution is -2.29. The second-order valence-electron chi connectivity index (χ2n) is 3.78. The molecule has 0 aliphatic heterocycles. The van der Waals surface area contributed by atoms with Gasteiger partial charge in [0.15, 0.2) is 5.82 Å². The molecule has 7 nitrogen and oxygen atoms in total. The van der Waals surface area contributed by atoms with Crippen LogP contribution in [-0.4, -0.2) is 22.1 Å². The van der Waals surface area contributed by atoms with Crippen molar-refractivity contribution in [3.63, 3.8) is 0 Å². The summed E-state index contributed by atoms with van der Waals surface area (Å²) in [5.74, 6) is -0.939. The number of aromatic nitrogens is 1. The molecule has 2 rings (SSSR count). The fourth-order valence-corrected chi connectivity index (χ4v) is 1.33. The summed E-state index contributed by atoms with van der Waals surface area (Å²) in [7, 11) is 0. The molecule has 0 saturated carbocycles. The molecule has 0 aliphatic carbocycles. The summed E-state index contributed by atoms with van der Waals surface area (Å²) in [5.41, 5.74) is 0.397. The van der Waals surface area contributed by atoms with E-state index in [9.17, 15) is 9.59 Å². The average molecular weight is 261 g/mol. The van der Waals surface area contributed by atoms with Gasteiger partial charge in [0.25, 0.3) is 0 Å². The molecule has 0 saturated heterocycles. The Morgan fingerprint density at radius 3 is 2.37 bits per heavy atom. The zero-order valence-corrected chi connectivity index (χ0v) is 10.0. The van der Waals surface area contributed by atoms with Crippen LogP contribution in [0.3, 0.4) is 0 Å². The molecular weight excluding hydrogens is 250 g/mol. The van der Waals surface area contributed by atoms with Gasteiger partial charge in [0.05, 0.1) is 0 Å². The van der Waals surface area contributed by atoms with Crippen LogP contribution in [0.5, 0.6) is 5.75 Å². The SMILES string of the molecule is Cc1cc(NC(=O)C(=O)Nc2ccc(O)cc2)no1. The molecule has 0 atom stereocenters. The number of nitrogens with one attached hydrogen (secondary N) is 2. The summed E-state index contributed by atoms with van der Waals surface area (Å²) in [6.07, 6.45) is 0. The van der Waals surface area contributed by atoms with Crippen molar-refractivity contribution >= 4 is 23.3 Å². The van der Waals surface area contributed by atoms with Crippen LogP contribution >= 0.6 is 0 Å². The Morgan fingerprint density at radius 1 is 1.16 bits per heavy atom. The van der Waals surface area contributed by atoms with Crippen LogP contribution in [0.2, 0.25) is 0 Å². The minimum absolute atomic E-state index is 0.0699. The van der Waals surface area contributed by atoms with Crippen molar-refractivity contribution in [2.75, 3.05) is 10.6 Å². The summed E-state index contributed by atoms with van der Waals surface area (Å²) < 4.78 is 4.75. The molecule has 0 bridgehead atoms. The van der Waals surface area contributed by atoms with Crippen molar-refractivity contribution < 1.29 is 19.2 Å². The minimum atomic E-state index is -0.860. The van der Waals surface area contributed by atoms with E-state index in [2.05, 4.69) is 15.8 Å². The Bertz CT molecular complexity index is 604. The quantitative estimate of drug-likeness (QED) is 0.557. The van der Waals surface area contributed by atoms with Gasteiger partial charge in [-0.25, -0.2) is 0 Å². The highest BCUT2D eigenvalue weighted by atomic mass is 16.5. The van der Waals surface area contributed by atoms with E-state index in [4.69, 9.17) is 9.63 Å². The fraction of sp³-hybridized carbons (Fsp3) is 0.0833. The first kappa shape index (κ1) is 12.6. The van der Waals surface area contributed by atoms with Crippen molar-refractivity contribution in [2.45, 2.75) is 6.92 Å². The van der Waals surface area contributed by atoms with Crippen LogP contribution in [0.1, 0.15) is 5.76 Å². The largest absolute Gasteiger partial charge is 0.508 e. The highest BCUT2D eigenvalue weighted by Crippen LogP contribution is 2.13. The normalized spacial score (nSPS) is 9.95. The van der Waals surface area contributed by atoms with Gasteiger partial charge >= 0.3 is 11.8 Å². The molecule has 1 heterocycles. The van der Waals surface area contributed by atoms with Gasteiger partial charge in [0.2, 0.25) is 0 Å². The summed E-state index contributed by atoms with van der Waals surface area (Å²) in [6, 6.07) is 7.23. The number of anilines is 2. The van der Waals surface area contributed by atoms with Gasteiger partial charge in [-0.1, -0.05) is 5.16 Å². The lowest BCUT2D eigenvalue weighted by molar-refractivity contribution is -0.133. The summed E-state index contributed by atoms with van der Waals surface area (Å²) >= 11 is 0. The zero-order chi connectivity index (χ0) is 13.8. The maximum Gasteiger partial charge on any atom is 0.315 e. The molecule has 1 aromatic carbocycles. The fourth-order valence-electron chi connectivity index (χ4n) is 1.33. The highest BCUT2D eigenvalue weighted by Gasteiger charge is 2.15. The Labute approximate surface area is 108 Å². The number of hydrogen-bond donors (Lipinski definition) is 3. The molecule has 2 aromatic rings. The van der Waals surface area contributed by atoms with E-state index in [1.807, 2.05) is 0 Å². The molecule has 2 amide bonds. The maximum absolute atomic E-state index is 11.6. The van der Waals surface area contributed by atoms with Crippen molar-refractivity contribution in [1.82, 2.24) is 5.16 Å². The second-order valence-corrected chi connectivity index (χ2v) is 3.78. The Balaban J connectivity index is 1.96. The molecule has 0 aliphatic rings. The van der Waals surface area contributed by atoms with Crippen LogP contribution in [0.4, 0.5) is 11.5 Å². The van der Waals surface area contributed by atoms with E-state index in [1.54, 1.807) is 6.92 Å². The lowest BCUT2D eigenvalue weighted by Gasteiger charge is -2.04. The Hall–Kier alpha value is -2.83. The predicted molar refractivity (Wildman–Crippen MR) is 66.6 cm³/mol. The number of hydrogen-bond acceptors (Lipinski definition) is 5. The molecule has 0 radical (unpaired) electrons. The van der Waals surface area contributed by atoms with E-state index in [-0.39, 0.29) is 11.6 Å². The van der Waals surface area contributed by atoms with Gasteiger partial charge in [0, 0.05) is 11.8 Å². The maximum atomic E-state index is 11.6. The lowest BCUT2D eigenvalue weighted by atomic mass is 10.3. The molecule has 3 N–H and O–H groups in total. The molecule has 19 heavy (non-hydrogen) atoms. The average Bonchev–Trinajstić information content (AvgIpc) is 2.77. The van der Waals surface area contributed by atoms with Crippen LogP contribution in [0.25, 0.3) is 0 Å². The molecule has 1 aromatic heterocycles. The summed E-state index contributed by atoms with van der Waals surface area (Å²) in [4.78, 5) is 23.1. The van der Waals surface area contributed by atoms with Crippen molar-refractivity contribution in [3.8, 4) is 5.75 Å². The molecule has 7 heteroatoms. The number of nitrogens with zero attached hydrogens (tertiary/aromatic N) is 1. The number of carbonyl (C=O) groups excluding carboxylic acids is 2. The number of rotatable bonds is 2. The topological polar surface area (TPSA) is 104 Å². The number of aryl methyl sites for hydroxylation is 1. The minimum Gasteiger partial charge on any atom is -0.508 e. The summed E-state index contributed by atoms with van der Waals surface area (Å²) in [6.45, 7) is 1.67. The van der Waals surface area contributed by atoms with E-state index in [0.717, 1.165) is 0 Å². The third-order valence-electron chi connectivity index (χ3n) is 2.20. The van der Waals surface area contributed by atoms with Crippen LogP contribution in [0.15, 0.2) is 34.9 Å². The van der Waals surface area contributed by atoms with Crippen molar-refractivity contribution in [1.29, 1.82) is 0 Å².